The smallest absolute Gasteiger partial charge is 0.163 e. The number of benzene rings is 1. The van der Waals surface area contributed by atoms with Crippen LogP contribution in [-0.4, -0.2) is 5.78 Å². The lowest BCUT2D eigenvalue weighted by molar-refractivity contribution is 0.0962. The summed E-state index contributed by atoms with van der Waals surface area (Å²) in [6.07, 6.45) is 2.63. The molecule has 1 nitrogen and oxygen atoms in total. The van der Waals surface area contributed by atoms with Gasteiger partial charge in [-0.25, -0.2) is 4.39 Å². The Kier molecular flexibility index (Phi) is 4.47. The minimum absolute atomic E-state index is 0.0375. The molecule has 0 aliphatic heterocycles. The van der Waals surface area contributed by atoms with Gasteiger partial charge in [-0.15, -0.1) is 0 Å². The van der Waals surface area contributed by atoms with E-state index in [4.69, 9.17) is 0 Å². The molecular weight excluding hydrogens is 191 g/mol. The second kappa shape index (κ2) is 5.64. The van der Waals surface area contributed by atoms with Crippen LogP contribution < -0.4 is 0 Å². The molecule has 1 aromatic carbocycles. The topological polar surface area (TPSA) is 17.1 Å². The Balaban J connectivity index is 2.61. The van der Waals surface area contributed by atoms with Gasteiger partial charge >= 0.3 is 0 Å². The van der Waals surface area contributed by atoms with Crippen LogP contribution in [0, 0.1) is 11.7 Å². The number of ketones is 1. The fourth-order valence-corrected chi connectivity index (χ4v) is 1.69. The second-order valence-corrected chi connectivity index (χ2v) is 4.03. The van der Waals surface area contributed by atoms with Gasteiger partial charge in [0.25, 0.3) is 0 Å². The number of rotatable bonds is 5. The molecule has 0 amide bonds. The Morgan fingerprint density at radius 2 is 2.20 bits per heavy atom. The predicted octanol–water partition coefficient (Wildman–Crippen LogP) is 3.83. The first-order valence-electron chi connectivity index (χ1n) is 5.42. The third-order valence-corrected chi connectivity index (χ3v) is 2.46. The van der Waals surface area contributed by atoms with Crippen molar-refractivity contribution in [1.29, 1.82) is 0 Å². The Morgan fingerprint density at radius 3 is 2.80 bits per heavy atom. The van der Waals surface area contributed by atoms with Crippen LogP contribution in [0.2, 0.25) is 0 Å². The average Bonchev–Trinajstić information content (AvgIpc) is 2.18. The van der Waals surface area contributed by atoms with Gasteiger partial charge in [-0.3, -0.25) is 4.79 Å². The van der Waals surface area contributed by atoms with Crippen LogP contribution in [0.1, 0.15) is 43.5 Å². The largest absolute Gasteiger partial charge is 0.294 e. The molecule has 1 rings (SSSR count). The maximum absolute atomic E-state index is 12.9. The summed E-state index contributed by atoms with van der Waals surface area (Å²) in [7, 11) is 0. The summed E-state index contributed by atoms with van der Waals surface area (Å²) in [5.41, 5.74) is 0.484. The van der Waals surface area contributed by atoms with Crippen molar-refractivity contribution in [2.75, 3.05) is 0 Å². The molecule has 1 atom stereocenters. The molecule has 0 bridgehead atoms. The highest BCUT2D eigenvalue weighted by molar-refractivity contribution is 5.96. The van der Waals surface area contributed by atoms with E-state index in [9.17, 15) is 9.18 Å². The van der Waals surface area contributed by atoms with Crippen molar-refractivity contribution < 1.29 is 9.18 Å². The van der Waals surface area contributed by atoms with Crippen LogP contribution in [0.3, 0.4) is 0 Å². The Labute approximate surface area is 90.3 Å². The molecule has 0 spiro atoms. The maximum Gasteiger partial charge on any atom is 0.163 e. The third-order valence-electron chi connectivity index (χ3n) is 2.46. The molecular formula is C13H17FO. The van der Waals surface area contributed by atoms with Crippen molar-refractivity contribution in [2.24, 2.45) is 5.92 Å². The van der Waals surface area contributed by atoms with E-state index in [-0.39, 0.29) is 11.6 Å². The number of halogens is 1. The second-order valence-electron chi connectivity index (χ2n) is 4.03. The van der Waals surface area contributed by atoms with E-state index in [1.807, 2.05) is 0 Å². The van der Waals surface area contributed by atoms with Crippen LogP contribution >= 0.6 is 0 Å². The average molecular weight is 208 g/mol. The molecule has 0 N–H and O–H groups in total. The lowest BCUT2D eigenvalue weighted by Crippen LogP contribution is -2.06. The van der Waals surface area contributed by atoms with Crippen molar-refractivity contribution in [3.05, 3.63) is 35.6 Å². The molecule has 0 aromatic heterocycles. The Hall–Kier alpha value is -1.18. The summed E-state index contributed by atoms with van der Waals surface area (Å²) in [6, 6.07) is 5.91. The molecule has 2 heteroatoms. The van der Waals surface area contributed by atoms with Gasteiger partial charge in [0.1, 0.15) is 5.82 Å². The van der Waals surface area contributed by atoms with Crippen molar-refractivity contribution in [1.82, 2.24) is 0 Å². The van der Waals surface area contributed by atoms with E-state index in [0.29, 0.717) is 17.9 Å². The zero-order chi connectivity index (χ0) is 11.3. The molecule has 1 aromatic rings. The molecule has 0 heterocycles. The molecule has 1 unspecified atom stereocenters. The molecule has 0 saturated heterocycles. The predicted molar refractivity (Wildman–Crippen MR) is 59.4 cm³/mol. The summed E-state index contributed by atoms with van der Waals surface area (Å²) in [6.45, 7) is 4.16. The molecule has 0 saturated carbocycles. The van der Waals surface area contributed by atoms with E-state index >= 15 is 0 Å². The fourth-order valence-electron chi connectivity index (χ4n) is 1.69. The van der Waals surface area contributed by atoms with Crippen LogP contribution in [0.25, 0.3) is 0 Å². The number of hydrogen-bond donors (Lipinski definition) is 0. The summed E-state index contributed by atoms with van der Waals surface area (Å²) in [4.78, 5) is 11.7. The Bertz CT molecular complexity index is 333. The zero-order valence-corrected chi connectivity index (χ0v) is 9.29. The first kappa shape index (κ1) is 11.9. The summed E-state index contributed by atoms with van der Waals surface area (Å²) in [5, 5.41) is 0. The highest BCUT2D eigenvalue weighted by atomic mass is 19.1. The maximum atomic E-state index is 12.9. The SMILES string of the molecule is CCCC(C)CC(=O)c1cccc(F)c1. The van der Waals surface area contributed by atoms with Crippen molar-refractivity contribution in [3.63, 3.8) is 0 Å². The van der Waals surface area contributed by atoms with E-state index in [1.54, 1.807) is 12.1 Å². The minimum atomic E-state index is -0.344. The fraction of sp³-hybridized carbons (Fsp3) is 0.462. The van der Waals surface area contributed by atoms with Gasteiger partial charge in [0.15, 0.2) is 5.78 Å². The van der Waals surface area contributed by atoms with Gasteiger partial charge in [0.05, 0.1) is 0 Å². The van der Waals surface area contributed by atoms with Gasteiger partial charge in [-0.1, -0.05) is 38.8 Å². The van der Waals surface area contributed by atoms with Gasteiger partial charge in [0.2, 0.25) is 0 Å². The van der Waals surface area contributed by atoms with E-state index in [0.717, 1.165) is 12.8 Å². The summed E-state index contributed by atoms with van der Waals surface area (Å²) < 4.78 is 12.9. The minimum Gasteiger partial charge on any atom is -0.294 e. The van der Waals surface area contributed by atoms with Crippen LogP contribution in [0.4, 0.5) is 4.39 Å². The van der Waals surface area contributed by atoms with Crippen molar-refractivity contribution in [2.45, 2.75) is 33.1 Å². The molecule has 0 radical (unpaired) electrons. The monoisotopic (exact) mass is 208 g/mol. The summed E-state index contributed by atoms with van der Waals surface area (Å²) >= 11 is 0. The Morgan fingerprint density at radius 1 is 1.47 bits per heavy atom. The van der Waals surface area contributed by atoms with Gasteiger partial charge in [0, 0.05) is 12.0 Å². The number of carbonyl (C=O) groups is 1. The van der Waals surface area contributed by atoms with Gasteiger partial charge in [-0.2, -0.15) is 0 Å². The van der Waals surface area contributed by atoms with Crippen molar-refractivity contribution in [3.8, 4) is 0 Å². The lowest BCUT2D eigenvalue weighted by atomic mass is 9.96. The molecule has 82 valence electrons. The van der Waals surface area contributed by atoms with Crippen molar-refractivity contribution >= 4 is 5.78 Å². The highest BCUT2D eigenvalue weighted by Crippen LogP contribution is 2.14. The first-order chi connectivity index (χ1) is 7.13. The van der Waals surface area contributed by atoms with Gasteiger partial charge < -0.3 is 0 Å². The molecule has 0 aliphatic rings. The zero-order valence-electron chi connectivity index (χ0n) is 9.29. The number of carbonyl (C=O) groups excluding carboxylic acids is 1. The number of Topliss-reactive ketones (excluding diaryl/α,β-unsaturated/α-hetero) is 1. The molecule has 0 fully saturated rings. The lowest BCUT2D eigenvalue weighted by Gasteiger charge is -2.08. The van der Waals surface area contributed by atoms with Crippen LogP contribution in [0.5, 0.6) is 0 Å². The van der Waals surface area contributed by atoms with Gasteiger partial charge in [-0.05, 0) is 18.1 Å². The standard InChI is InChI=1S/C13H17FO/c1-3-5-10(2)8-13(15)11-6-4-7-12(14)9-11/h4,6-7,9-10H,3,5,8H2,1-2H3. The van der Waals surface area contributed by atoms with E-state index in [2.05, 4.69) is 13.8 Å². The first-order valence-corrected chi connectivity index (χ1v) is 5.42. The molecule has 15 heavy (non-hydrogen) atoms. The van der Waals surface area contributed by atoms with Crippen LogP contribution in [-0.2, 0) is 0 Å². The van der Waals surface area contributed by atoms with Crippen LogP contribution in [0.15, 0.2) is 24.3 Å². The normalized spacial score (nSPS) is 12.5. The molecule has 0 aliphatic carbocycles. The quantitative estimate of drug-likeness (QED) is 0.672. The third kappa shape index (κ3) is 3.82. The summed E-state index contributed by atoms with van der Waals surface area (Å²) in [5.74, 6) is 0.0743. The highest BCUT2D eigenvalue weighted by Gasteiger charge is 2.10. The number of hydrogen-bond acceptors (Lipinski definition) is 1. The van der Waals surface area contributed by atoms with E-state index in [1.165, 1.54) is 12.1 Å². The van der Waals surface area contributed by atoms with E-state index < -0.39 is 0 Å².